The van der Waals surface area contributed by atoms with Gasteiger partial charge in [0, 0.05) is 18.1 Å². The molecule has 2 aromatic carbocycles. The minimum atomic E-state index is -1.75. The number of anilines is 2. The molecule has 13 heteroatoms. The first-order chi connectivity index (χ1) is 16.1. The third kappa shape index (κ3) is 5.42. The number of hydrogen-bond acceptors (Lipinski definition) is 6. The van der Waals surface area contributed by atoms with E-state index in [0.717, 1.165) is 0 Å². The van der Waals surface area contributed by atoms with Crippen LogP contribution in [0.5, 0.6) is 0 Å². The van der Waals surface area contributed by atoms with Gasteiger partial charge in [0.2, 0.25) is 11.8 Å². The fraction of sp³-hybridized carbons (Fsp3) is 0.190. The van der Waals surface area contributed by atoms with Crippen LogP contribution >= 0.6 is 11.8 Å². The Balaban J connectivity index is 1.79. The van der Waals surface area contributed by atoms with Gasteiger partial charge in [-0.05, 0) is 13.0 Å². The largest absolute Gasteiger partial charge is 0.325 e. The Labute approximate surface area is 194 Å². The highest BCUT2D eigenvalue weighted by Crippen LogP contribution is 2.27. The quantitative estimate of drug-likeness (QED) is 0.260. The van der Waals surface area contributed by atoms with Crippen molar-refractivity contribution in [2.24, 2.45) is 0 Å². The molecular weight excluding hydrogens is 478 g/mol. The number of rotatable bonds is 7. The minimum Gasteiger partial charge on any atom is -0.325 e. The summed E-state index contributed by atoms with van der Waals surface area (Å²) in [6, 6.07) is 6.48. The Bertz CT molecular complexity index is 1290. The second-order valence-electron chi connectivity index (χ2n) is 6.85. The number of para-hydroxylation sites is 1. The van der Waals surface area contributed by atoms with Crippen molar-refractivity contribution in [1.82, 2.24) is 15.2 Å². The molecule has 0 radical (unpaired) electrons. The number of aromatic amines is 1. The Hall–Kier alpha value is -3.74. The van der Waals surface area contributed by atoms with Crippen molar-refractivity contribution in [1.29, 1.82) is 0 Å². The minimum absolute atomic E-state index is 0.0200. The summed E-state index contributed by atoms with van der Waals surface area (Å²) in [4.78, 5) is 39.1. The molecule has 3 rings (SSSR count). The van der Waals surface area contributed by atoms with E-state index >= 15 is 0 Å². The van der Waals surface area contributed by atoms with Crippen molar-refractivity contribution in [2.75, 3.05) is 10.6 Å². The smallest absolute Gasteiger partial charge is 0.278 e. The number of halogens is 4. The third-order valence-electron chi connectivity index (χ3n) is 4.47. The van der Waals surface area contributed by atoms with Gasteiger partial charge >= 0.3 is 0 Å². The Morgan fingerprint density at radius 2 is 1.71 bits per heavy atom. The number of benzene rings is 2. The van der Waals surface area contributed by atoms with Gasteiger partial charge in [-0.15, -0.1) is 10.2 Å². The topological polar surface area (TPSA) is 117 Å². The molecule has 0 aliphatic rings. The van der Waals surface area contributed by atoms with Crippen molar-refractivity contribution in [2.45, 2.75) is 30.7 Å². The summed E-state index contributed by atoms with van der Waals surface area (Å²) >= 11 is 0.684. The van der Waals surface area contributed by atoms with Gasteiger partial charge in [-0.3, -0.25) is 19.4 Å². The highest BCUT2D eigenvalue weighted by molar-refractivity contribution is 8.00. The molecule has 1 heterocycles. The van der Waals surface area contributed by atoms with Crippen LogP contribution in [0.2, 0.25) is 0 Å². The van der Waals surface area contributed by atoms with Crippen LogP contribution in [0, 0.1) is 23.3 Å². The van der Waals surface area contributed by atoms with Crippen LogP contribution in [0.3, 0.4) is 0 Å². The maximum atomic E-state index is 13.8. The van der Waals surface area contributed by atoms with Crippen molar-refractivity contribution in [3.8, 4) is 11.3 Å². The van der Waals surface area contributed by atoms with Crippen LogP contribution in [0.25, 0.3) is 11.3 Å². The second kappa shape index (κ2) is 10.5. The van der Waals surface area contributed by atoms with Gasteiger partial charge in [0.25, 0.3) is 5.56 Å². The SMILES string of the molecule is CCC(=O)Nc1ccccc1-c1nnc(SC(C)C(=O)Nc2c(F)c(F)cc(F)c2F)[nH]c1=O. The van der Waals surface area contributed by atoms with E-state index in [0.29, 0.717) is 23.0 Å². The van der Waals surface area contributed by atoms with Gasteiger partial charge in [0.05, 0.1) is 10.9 Å². The molecule has 0 saturated carbocycles. The summed E-state index contributed by atoms with van der Waals surface area (Å²) in [6.07, 6.45) is 0.224. The van der Waals surface area contributed by atoms with Gasteiger partial charge in [-0.2, -0.15) is 0 Å². The number of aromatic nitrogens is 3. The number of carbonyl (C=O) groups is 2. The van der Waals surface area contributed by atoms with E-state index in [1.807, 2.05) is 0 Å². The average molecular weight is 495 g/mol. The number of thioether (sulfide) groups is 1. The zero-order valence-electron chi connectivity index (χ0n) is 17.7. The maximum absolute atomic E-state index is 13.8. The van der Waals surface area contributed by atoms with E-state index < -0.39 is 45.7 Å². The number of amides is 2. The van der Waals surface area contributed by atoms with Crippen molar-refractivity contribution >= 4 is 35.0 Å². The summed E-state index contributed by atoms with van der Waals surface area (Å²) in [5.74, 6) is -8.12. The number of H-pyrrole nitrogens is 1. The normalized spacial score (nSPS) is 11.7. The molecule has 0 spiro atoms. The Kier molecular flexibility index (Phi) is 7.66. The van der Waals surface area contributed by atoms with Crippen LogP contribution in [0.15, 0.2) is 40.3 Å². The first-order valence-corrected chi connectivity index (χ1v) is 10.7. The molecule has 0 fully saturated rings. The van der Waals surface area contributed by atoms with E-state index in [2.05, 4.69) is 20.5 Å². The number of nitrogens with zero attached hydrogens (tertiary/aromatic N) is 2. The monoisotopic (exact) mass is 495 g/mol. The van der Waals surface area contributed by atoms with E-state index in [9.17, 15) is 31.9 Å². The van der Waals surface area contributed by atoms with Gasteiger partial charge in [-0.1, -0.05) is 36.9 Å². The lowest BCUT2D eigenvalue weighted by Crippen LogP contribution is -2.25. The van der Waals surface area contributed by atoms with Gasteiger partial charge in [0.15, 0.2) is 34.1 Å². The molecule has 0 aliphatic heterocycles. The van der Waals surface area contributed by atoms with Crippen LogP contribution in [-0.2, 0) is 9.59 Å². The van der Waals surface area contributed by atoms with Gasteiger partial charge in [-0.25, -0.2) is 17.6 Å². The molecule has 0 saturated heterocycles. The summed E-state index contributed by atoms with van der Waals surface area (Å²) in [7, 11) is 0. The first-order valence-electron chi connectivity index (χ1n) is 9.79. The van der Waals surface area contributed by atoms with Crippen LogP contribution in [0.4, 0.5) is 28.9 Å². The first kappa shape index (κ1) is 24.9. The number of carbonyl (C=O) groups excluding carboxylic acids is 2. The second-order valence-corrected chi connectivity index (χ2v) is 8.18. The van der Waals surface area contributed by atoms with E-state index in [1.54, 1.807) is 36.5 Å². The average Bonchev–Trinajstić information content (AvgIpc) is 2.81. The van der Waals surface area contributed by atoms with Crippen LogP contribution < -0.4 is 16.2 Å². The lowest BCUT2D eigenvalue weighted by atomic mass is 10.1. The van der Waals surface area contributed by atoms with Gasteiger partial charge in [0.1, 0.15) is 5.69 Å². The van der Waals surface area contributed by atoms with Crippen LogP contribution in [-0.4, -0.2) is 32.2 Å². The van der Waals surface area contributed by atoms with Crippen molar-refractivity contribution < 1.29 is 27.2 Å². The molecule has 1 atom stereocenters. The zero-order chi connectivity index (χ0) is 25.0. The predicted octanol–water partition coefficient (Wildman–Crippen LogP) is 3.86. The van der Waals surface area contributed by atoms with Crippen LogP contribution in [0.1, 0.15) is 20.3 Å². The lowest BCUT2D eigenvalue weighted by Gasteiger charge is -2.13. The Morgan fingerprint density at radius 1 is 1.06 bits per heavy atom. The summed E-state index contributed by atoms with van der Waals surface area (Å²) in [5.41, 5.74) is -1.36. The molecule has 3 N–H and O–H groups in total. The van der Waals surface area contributed by atoms with Crippen molar-refractivity contribution in [3.05, 3.63) is 64.0 Å². The molecule has 8 nitrogen and oxygen atoms in total. The molecule has 3 aromatic rings. The molecule has 178 valence electrons. The predicted molar refractivity (Wildman–Crippen MR) is 117 cm³/mol. The zero-order valence-corrected chi connectivity index (χ0v) is 18.5. The third-order valence-corrected chi connectivity index (χ3v) is 5.45. The highest BCUT2D eigenvalue weighted by Gasteiger charge is 2.24. The van der Waals surface area contributed by atoms with E-state index in [-0.39, 0.29) is 29.2 Å². The summed E-state index contributed by atoms with van der Waals surface area (Å²) < 4.78 is 54.3. The summed E-state index contributed by atoms with van der Waals surface area (Å²) in [5, 5.41) is 11.0. The molecule has 34 heavy (non-hydrogen) atoms. The molecule has 2 amide bonds. The van der Waals surface area contributed by atoms with Crippen molar-refractivity contribution in [3.63, 3.8) is 0 Å². The standard InChI is InChI=1S/C21H17F4N5O3S/c1-3-14(31)26-13-7-5-4-6-10(13)17-20(33)28-21(30-29-17)34-9(2)19(32)27-18-15(24)11(22)8-12(23)16(18)25/h4-9H,3H2,1-2H3,(H,26,31)(H,27,32)(H,28,30,33). The molecule has 0 bridgehead atoms. The highest BCUT2D eigenvalue weighted by atomic mass is 32.2. The number of nitrogens with one attached hydrogen (secondary N) is 3. The van der Waals surface area contributed by atoms with E-state index in [4.69, 9.17) is 0 Å². The molecule has 0 aliphatic carbocycles. The molecule has 1 aromatic heterocycles. The summed E-state index contributed by atoms with van der Waals surface area (Å²) in [6.45, 7) is 2.98. The van der Waals surface area contributed by atoms with E-state index in [1.165, 1.54) is 6.92 Å². The number of hydrogen-bond donors (Lipinski definition) is 3. The molecule has 1 unspecified atom stereocenters. The maximum Gasteiger partial charge on any atom is 0.278 e. The molecular formula is C21H17F4N5O3S. The Morgan fingerprint density at radius 3 is 2.32 bits per heavy atom. The fourth-order valence-corrected chi connectivity index (χ4v) is 3.46. The van der Waals surface area contributed by atoms with Gasteiger partial charge < -0.3 is 10.6 Å². The lowest BCUT2D eigenvalue weighted by molar-refractivity contribution is -0.116. The fourth-order valence-electron chi connectivity index (χ4n) is 2.72.